The standard InChI is InChI=1S/C12H12F2N4O/c1-7-2-11(18-15)17-12(16-7)6-19-10-4-8(13)3-9(14)5-10/h2-5H,6,15H2,1H3,(H,16,17,18). The number of hydrogen-bond acceptors (Lipinski definition) is 5. The summed E-state index contributed by atoms with van der Waals surface area (Å²) in [6.45, 7) is 1.76. The Morgan fingerprint density at radius 1 is 1.16 bits per heavy atom. The van der Waals surface area contributed by atoms with Gasteiger partial charge in [0, 0.05) is 30.0 Å². The van der Waals surface area contributed by atoms with Crippen LogP contribution in [0.3, 0.4) is 0 Å². The van der Waals surface area contributed by atoms with E-state index < -0.39 is 11.6 Å². The second-order valence-electron chi connectivity index (χ2n) is 3.85. The summed E-state index contributed by atoms with van der Waals surface area (Å²) in [5, 5.41) is 0. The van der Waals surface area contributed by atoms with Gasteiger partial charge in [-0.15, -0.1) is 0 Å². The maximum absolute atomic E-state index is 13.0. The number of rotatable bonds is 4. The fraction of sp³-hybridized carbons (Fsp3) is 0.167. The van der Waals surface area contributed by atoms with Crippen LogP contribution in [0.2, 0.25) is 0 Å². The van der Waals surface area contributed by atoms with Crippen molar-refractivity contribution < 1.29 is 13.5 Å². The summed E-state index contributed by atoms with van der Waals surface area (Å²) in [4.78, 5) is 8.17. The third kappa shape index (κ3) is 3.59. The summed E-state index contributed by atoms with van der Waals surface area (Å²) in [7, 11) is 0. The van der Waals surface area contributed by atoms with E-state index in [1.807, 2.05) is 0 Å². The van der Waals surface area contributed by atoms with Gasteiger partial charge in [0.25, 0.3) is 0 Å². The molecule has 0 amide bonds. The number of aromatic nitrogens is 2. The molecule has 1 aromatic heterocycles. The van der Waals surface area contributed by atoms with Crippen LogP contribution in [0, 0.1) is 18.6 Å². The summed E-state index contributed by atoms with van der Waals surface area (Å²) < 4.78 is 31.2. The van der Waals surface area contributed by atoms with Crippen LogP contribution in [0.5, 0.6) is 5.75 Å². The largest absolute Gasteiger partial charge is 0.485 e. The number of nitrogens with one attached hydrogen (secondary N) is 1. The molecule has 0 aliphatic heterocycles. The number of aryl methyl sites for hydroxylation is 1. The predicted molar refractivity (Wildman–Crippen MR) is 65.3 cm³/mol. The fourth-order valence-corrected chi connectivity index (χ4v) is 1.53. The number of nitrogens with two attached hydrogens (primary N) is 1. The SMILES string of the molecule is Cc1cc(NN)nc(COc2cc(F)cc(F)c2)n1. The molecule has 2 rings (SSSR count). The first-order valence-electron chi connectivity index (χ1n) is 5.47. The van der Waals surface area contributed by atoms with Crippen LogP contribution in [-0.4, -0.2) is 9.97 Å². The summed E-state index contributed by atoms with van der Waals surface area (Å²) in [6.07, 6.45) is 0. The van der Waals surface area contributed by atoms with E-state index in [0.717, 1.165) is 18.2 Å². The van der Waals surface area contributed by atoms with Gasteiger partial charge in [-0.1, -0.05) is 0 Å². The van der Waals surface area contributed by atoms with Crippen LogP contribution >= 0.6 is 0 Å². The smallest absolute Gasteiger partial charge is 0.168 e. The zero-order chi connectivity index (χ0) is 13.8. The van der Waals surface area contributed by atoms with E-state index >= 15 is 0 Å². The molecule has 3 N–H and O–H groups in total. The fourth-order valence-electron chi connectivity index (χ4n) is 1.53. The van der Waals surface area contributed by atoms with E-state index in [0.29, 0.717) is 17.3 Å². The maximum Gasteiger partial charge on any atom is 0.168 e. The third-order valence-electron chi connectivity index (χ3n) is 2.25. The highest BCUT2D eigenvalue weighted by Crippen LogP contribution is 2.16. The molecule has 0 radical (unpaired) electrons. The van der Waals surface area contributed by atoms with Crippen LogP contribution < -0.4 is 16.0 Å². The van der Waals surface area contributed by atoms with Gasteiger partial charge < -0.3 is 10.2 Å². The number of halogens is 2. The molecule has 5 nitrogen and oxygen atoms in total. The lowest BCUT2D eigenvalue weighted by atomic mass is 10.3. The molecular formula is C12H12F2N4O. The minimum atomic E-state index is -0.704. The van der Waals surface area contributed by atoms with E-state index in [-0.39, 0.29) is 12.4 Å². The van der Waals surface area contributed by atoms with Gasteiger partial charge in [-0.2, -0.15) is 0 Å². The van der Waals surface area contributed by atoms with Gasteiger partial charge >= 0.3 is 0 Å². The summed E-state index contributed by atoms with van der Waals surface area (Å²) in [6, 6.07) is 4.60. The van der Waals surface area contributed by atoms with Crippen molar-refractivity contribution >= 4 is 5.82 Å². The Kier molecular flexibility index (Phi) is 3.86. The zero-order valence-corrected chi connectivity index (χ0v) is 10.2. The van der Waals surface area contributed by atoms with Crippen LogP contribution in [0.4, 0.5) is 14.6 Å². The maximum atomic E-state index is 13.0. The molecule has 1 aromatic carbocycles. The van der Waals surface area contributed by atoms with Crippen molar-refractivity contribution in [3.63, 3.8) is 0 Å². The number of hydrogen-bond donors (Lipinski definition) is 2. The molecule has 19 heavy (non-hydrogen) atoms. The van der Waals surface area contributed by atoms with E-state index in [9.17, 15) is 8.78 Å². The van der Waals surface area contributed by atoms with E-state index in [1.54, 1.807) is 13.0 Å². The second kappa shape index (κ2) is 5.57. The number of nitrogen functional groups attached to an aromatic ring is 1. The lowest BCUT2D eigenvalue weighted by molar-refractivity contribution is 0.292. The Morgan fingerprint density at radius 2 is 1.84 bits per heavy atom. The average molecular weight is 266 g/mol. The van der Waals surface area contributed by atoms with Gasteiger partial charge in [-0.25, -0.2) is 24.6 Å². The number of benzene rings is 1. The van der Waals surface area contributed by atoms with Crippen LogP contribution in [0.1, 0.15) is 11.5 Å². The second-order valence-corrected chi connectivity index (χ2v) is 3.85. The molecule has 1 heterocycles. The average Bonchev–Trinajstić information content (AvgIpc) is 2.34. The van der Waals surface area contributed by atoms with Gasteiger partial charge in [0.05, 0.1) is 0 Å². The molecule has 0 atom stereocenters. The molecule has 0 unspecified atom stereocenters. The molecule has 0 saturated heterocycles. The van der Waals surface area contributed by atoms with Crippen molar-refractivity contribution in [3.05, 3.63) is 47.4 Å². The minimum absolute atomic E-state index is 0.0146. The minimum Gasteiger partial charge on any atom is -0.485 e. The van der Waals surface area contributed by atoms with Gasteiger partial charge in [0.15, 0.2) is 5.82 Å². The lowest BCUT2D eigenvalue weighted by Gasteiger charge is -2.07. The molecule has 7 heteroatoms. The molecule has 100 valence electrons. The Morgan fingerprint density at radius 3 is 2.47 bits per heavy atom. The number of anilines is 1. The number of ether oxygens (including phenoxy) is 1. The molecule has 0 spiro atoms. The van der Waals surface area contributed by atoms with Gasteiger partial charge in [0.1, 0.15) is 29.8 Å². The molecular weight excluding hydrogens is 254 g/mol. The van der Waals surface area contributed by atoms with Crippen molar-refractivity contribution in [3.8, 4) is 5.75 Å². The van der Waals surface area contributed by atoms with Gasteiger partial charge in [0.2, 0.25) is 0 Å². The Hall–Kier alpha value is -2.28. The quantitative estimate of drug-likeness (QED) is 0.653. The van der Waals surface area contributed by atoms with E-state index in [1.165, 1.54) is 0 Å². The Bertz CT molecular complexity index is 572. The first-order chi connectivity index (χ1) is 9.06. The van der Waals surface area contributed by atoms with Crippen LogP contribution in [-0.2, 0) is 6.61 Å². The lowest BCUT2D eigenvalue weighted by Crippen LogP contribution is -2.12. The third-order valence-corrected chi connectivity index (χ3v) is 2.25. The van der Waals surface area contributed by atoms with Crippen molar-refractivity contribution in [2.75, 3.05) is 5.43 Å². The summed E-state index contributed by atoms with van der Waals surface area (Å²) >= 11 is 0. The summed E-state index contributed by atoms with van der Waals surface area (Å²) in [5.41, 5.74) is 3.10. The van der Waals surface area contributed by atoms with Crippen LogP contribution in [0.15, 0.2) is 24.3 Å². The predicted octanol–water partition coefficient (Wildman–Crippen LogP) is 1.93. The molecule has 0 aliphatic carbocycles. The van der Waals surface area contributed by atoms with Crippen molar-refractivity contribution in [1.29, 1.82) is 0 Å². The normalized spacial score (nSPS) is 10.3. The Labute approximate surface area is 108 Å². The molecule has 2 aromatic rings. The van der Waals surface area contributed by atoms with Gasteiger partial charge in [-0.05, 0) is 6.92 Å². The highest BCUT2D eigenvalue weighted by Gasteiger charge is 2.05. The monoisotopic (exact) mass is 266 g/mol. The number of nitrogens with zero attached hydrogens (tertiary/aromatic N) is 2. The molecule has 0 bridgehead atoms. The number of hydrazine groups is 1. The van der Waals surface area contributed by atoms with E-state index in [4.69, 9.17) is 10.6 Å². The summed E-state index contributed by atoms with van der Waals surface area (Å²) in [5.74, 6) is 4.72. The molecule has 0 saturated carbocycles. The van der Waals surface area contributed by atoms with E-state index in [2.05, 4.69) is 15.4 Å². The highest BCUT2D eigenvalue weighted by molar-refractivity contribution is 5.34. The first kappa shape index (κ1) is 13.2. The van der Waals surface area contributed by atoms with Crippen molar-refractivity contribution in [1.82, 2.24) is 9.97 Å². The van der Waals surface area contributed by atoms with Crippen molar-refractivity contribution in [2.45, 2.75) is 13.5 Å². The Balaban J connectivity index is 2.11. The zero-order valence-electron chi connectivity index (χ0n) is 10.2. The van der Waals surface area contributed by atoms with Gasteiger partial charge in [-0.3, -0.25) is 0 Å². The molecule has 0 fully saturated rings. The highest BCUT2D eigenvalue weighted by atomic mass is 19.1. The van der Waals surface area contributed by atoms with Crippen molar-refractivity contribution in [2.24, 2.45) is 5.84 Å². The molecule has 0 aliphatic rings. The first-order valence-corrected chi connectivity index (χ1v) is 5.47. The van der Waals surface area contributed by atoms with Crippen LogP contribution in [0.25, 0.3) is 0 Å². The topological polar surface area (TPSA) is 73.1 Å².